The summed E-state index contributed by atoms with van der Waals surface area (Å²) in [5.74, 6) is -1.18. The predicted molar refractivity (Wildman–Crippen MR) is 54.4 cm³/mol. The van der Waals surface area contributed by atoms with E-state index in [9.17, 15) is 8.78 Å². The fourth-order valence-electron chi connectivity index (χ4n) is 0.719. The molecule has 0 heterocycles. The minimum atomic E-state index is -0.614. The van der Waals surface area contributed by atoms with Gasteiger partial charge in [-0.2, -0.15) is 0 Å². The number of hydrogen-bond donors (Lipinski definition) is 0. The summed E-state index contributed by atoms with van der Waals surface area (Å²) in [6.45, 7) is 0. The van der Waals surface area contributed by atoms with Crippen LogP contribution in [-0.4, -0.2) is 0 Å². The van der Waals surface area contributed by atoms with Crippen LogP contribution in [0.2, 0.25) is 0 Å². The molecular formula is C7H3Br3F2. The molecule has 0 saturated carbocycles. The molecule has 0 aliphatic rings. The zero-order valence-corrected chi connectivity index (χ0v) is 10.4. The molecule has 0 unspecified atom stereocenters. The minimum Gasteiger partial charge on any atom is -0.205 e. The highest BCUT2D eigenvalue weighted by atomic mass is 79.9. The predicted octanol–water partition coefficient (Wildman–Crippen LogP) is 4.38. The van der Waals surface area contributed by atoms with Gasteiger partial charge in [0.2, 0.25) is 0 Å². The molecule has 1 aromatic rings. The Morgan fingerprint density at radius 2 is 1.75 bits per heavy atom. The van der Waals surface area contributed by atoms with Gasteiger partial charge < -0.3 is 0 Å². The molecule has 0 aliphatic carbocycles. The molecule has 0 bridgehead atoms. The van der Waals surface area contributed by atoms with Crippen molar-refractivity contribution >= 4 is 47.8 Å². The van der Waals surface area contributed by atoms with Gasteiger partial charge in [-0.3, -0.25) is 0 Å². The van der Waals surface area contributed by atoms with E-state index in [0.29, 0.717) is 10.9 Å². The monoisotopic (exact) mass is 362 g/mol. The van der Waals surface area contributed by atoms with Gasteiger partial charge in [0.05, 0.1) is 8.95 Å². The summed E-state index contributed by atoms with van der Waals surface area (Å²) < 4.78 is 26.2. The molecule has 1 aromatic carbocycles. The van der Waals surface area contributed by atoms with Crippen molar-refractivity contribution in [2.75, 3.05) is 0 Å². The van der Waals surface area contributed by atoms with E-state index >= 15 is 0 Å². The number of benzene rings is 1. The van der Waals surface area contributed by atoms with Crippen LogP contribution in [0.25, 0.3) is 0 Å². The second kappa shape index (κ2) is 4.15. The van der Waals surface area contributed by atoms with Crippen molar-refractivity contribution in [2.45, 2.75) is 5.33 Å². The first-order valence-corrected chi connectivity index (χ1v) is 5.66. The molecule has 1 rings (SSSR count). The number of hydrogen-bond acceptors (Lipinski definition) is 0. The summed E-state index contributed by atoms with van der Waals surface area (Å²) in [6.07, 6.45) is 0. The van der Waals surface area contributed by atoms with Gasteiger partial charge in [0.15, 0.2) is 5.82 Å². The molecule has 5 heteroatoms. The van der Waals surface area contributed by atoms with E-state index < -0.39 is 11.6 Å². The van der Waals surface area contributed by atoms with Crippen LogP contribution in [0.4, 0.5) is 8.78 Å². The summed E-state index contributed by atoms with van der Waals surface area (Å²) in [5.41, 5.74) is 0.412. The van der Waals surface area contributed by atoms with Crippen LogP contribution in [0.1, 0.15) is 5.56 Å². The Kier molecular flexibility index (Phi) is 3.67. The largest absolute Gasteiger partial charge is 0.205 e. The van der Waals surface area contributed by atoms with Crippen molar-refractivity contribution in [3.05, 3.63) is 32.2 Å². The first-order valence-electron chi connectivity index (χ1n) is 2.95. The molecule has 0 nitrogen and oxygen atoms in total. The Balaban J connectivity index is 3.39. The van der Waals surface area contributed by atoms with E-state index in [1.807, 2.05) is 0 Å². The third-order valence-electron chi connectivity index (χ3n) is 1.32. The summed E-state index contributed by atoms with van der Waals surface area (Å²) in [4.78, 5) is 0. The zero-order chi connectivity index (χ0) is 9.30. The van der Waals surface area contributed by atoms with Gasteiger partial charge in [0.25, 0.3) is 0 Å². The second-order valence-corrected chi connectivity index (χ2v) is 4.30. The zero-order valence-electron chi connectivity index (χ0n) is 5.67. The first-order chi connectivity index (χ1) is 5.57. The van der Waals surface area contributed by atoms with Crippen LogP contribution < -0.4 is 0 Å². The second-order valence-electron chi connectivity index (χ2n) is 2.09. The summed E-state index contributed by atoms with van der Waals surface area (Å²) in [7, 11) is 0. The molecule has 0 aliphatic heterocycles. The maximum absolute atomic E-state index is 13.1. The third kappa shape index (κ3) is 1.88. The molecule has 12 heavy (non-hydrogen) atoms. The Labute approximate surface area is 93.7 Å². The molecule has 0 fully saturated rings. The molecule has 0 saturated heterocycles. The van der Waals surface area contributed by atoms with Crippen molar-refractivity contribution in [2.24, 2.45) is 0 Å². The van der Waals surface area contributed by atoms with Crippen molar-refractivity contribution in [3.8, 4) is 0 Å². The van der Waals surface area contributed by atoms with Crippen LogP contribution in [0.15, 0.2) is 15.0 Å². The molecule has 0 amide bonds. The van der Waals surface area contributed by atoms with Crippen molar-refractivity contribution < 1.29 is 8.78 Å². The highest BCUT2D eigenvalue weighted by molar-refractivity contribution is 9.11. The summed E-state index contributed by atoms with van der Waals surface area (Å²) >= 11 is 8.90. The highest BCUT2D eigenvalue weighted by Crippen LogP contribution is 2.29. The van der Waals surface area contributed by atoms with Gasteiger partial charge in [0, 0.05) is 10.9 Å². The van der Waals surface area contributed by atoms with E-state index in [1.54, 1.807) is 0 Å². The summed E-state index contributed by atoms with van der Waals surface area (Å²) in [5, 5.41) is 0.357. The van der Waals surface area contributed by atoms with E-state index in [4.69, 9.17) is 0 Å². The molecule has 0 N–H and O–H groups in total. The third-order valence-corrected chi connectivity index (χ3v) is 3.20. The highest BCUT2D eigenvalue weighted by Gasteiger charge is 2.13. The van der Waals surface area contributed by atoms with Crippen LogP contribution in [0.5, 0.6) is 0 Å². The maximum Gasteiger partial charge on any atom is 0.154 e. The standard InChI is InChI=1S/C7H3Br3F2/c8-2-3-1-4(9)7(12)5(10)6(3)11/h1H,2H2. The lowest BCUT2D eigenvalue weighted by Crippen LogP contribution is -1.92. The average Bonchev–Trinajstić information content (AvgIpc) is 2.08. The van der Waals surface area contributed by atoms with Crippen molar-refractivity contribution in [3.63, 3.8) is 0 Å². The fourth-order valence-corrected chi connectivity index (χ4v) is 2.34. The minimum absolute atomic E-state index is 0.133. The Hall–Kier alpha value is 0.520. The quantitative estimate of drug-likeness (QED) is 0.394. The maximum atomic E-state index is 13.1. The van der Waals surface area contributed by atoms with Gasteiger partial charge in [-0.25, -0.2) is 8.78 Å². The number of halogens is 5. The van der Waals surface area contributed by atoms with Gasteiger partial charge in [-0.1, -0.05) is 15.9 Å². The van der Waals surface area contributed by atoms with E-state index in [2.05, 4.69) is 47.8 Å². The van der Waals surface area contributed by atoms with E-state index in [0.717, 1.165) is 0 Å². The lowest BCUT2D eigenvalue weighted by molar-refractivity contribution is 0.561. The lowest BCUT2D eigenvalue weighted by atomic mass is 10.2. The van der Waals surface area contributed by atoms with E-state index in [-0.39, 0.29) is 8.95 Å². The molecule has 0 aromatic heterocycles. The Morgan fingerprint density at radius 1 is 1.17 bits per heavy atom. The lowest BCUT2D eigenvalue weighted by Gasteiger charge is -2.03. The molecule has 0 spiro atoms. The van der Waals surface area contributed by atoms with Crippen molar-refractivity contribution in [1.29, 1.82) is 0 Å². The molecule has 66 valence electrons. The van der Waals surface area contributed by atoms with Gasteiger partial charge in [-0.05, 0) is 37.9 Å². The average molecular weight is 365 g/mol. The molecular weight excluding hydrogens is 362 g/mol. The SMILES string of the molecule is Fc1c(Br)cc(CBr)c(F)c1Br. The smallest absolute Gasteiger partial charge is 0.154 e. The molecule has 0 radical (unpaired) electrons. The number of alkyl halides is 1. The Bertz CT molecular complexity index is 312. The molecule has 0 atom stereocenters. The summed E-state index contributed by atoms with van der Waals surface area (Å²) in [6, 6.07) is 1.41. The topological polar surface area (TPSA) is 0 Å². The van der Waals surface area contributed by atoms with Crippen LogP contribution in [0, 0.1) is 11.6 Å². The normalized spacial score (nSPS) is 10.4. The van der Waals surface area contributed by atoms with Crippen molar-refractivity contribution in [1.82, 2.24) is 0 Å². The van der Waals surface area contributed by atoms with Gasteiger partial charge in [-0.15, -0.1) is 0 Å². The first kappa shape index (κ1) is 10.6. The van der Waals surface area contributed by atoms with E-state index in [1.165, 1.54) is 6.07 Å². The van der Waals surface area contributed by atoms with Gasteiger partial charge >= 0.3 is 0 Å². The number of rotatable bonds is 1. The van der Waals surface area contributed by atoms with Crippen LogP contribution >= 0.6 is 47.8 Å². The van der Waals surface area contributed by atoms with Crippen LogP contribution in [-0.2, 0) is 5.33 Å². The fraction of sp³-hybridized carbons (Fsp3) is 0.143. The Morgan fingerprint density at radius 3 is 2.25 bits per heavy atom. The van der Waals surface area contributed by atoms with Gasteiger partial charge in [0.1, 0.15) is 5.82 Å². The van der Waals surface area contributed by atoms with Crippen LogP contribution in [0.3, 0.4) is 0 Å².